The number of carbonyl (C=O) groups excluding carboxylic acids is 2. The van der Waals surface area contributed by atoms with Crippen LogP contribution >= 0.6 is 0 Å². The second-order valence-corrected chi connectivity index (χ2v) is 4.94. The van der Waals surface area contributed by atoms with Gasteiger partial charge in [-0.1, -0.05) is 24.3 Å². The number of rotatable bonds is 5. The van der Waals surface area contributed by atoms with Gasteiger partial charge in [0, 0.05) is 13.1 Å². The molecule has 21 heavy (non-hydrogen) atoms. The van der Waals surface area contributed by atoms with Gasteiger partial charge in [0.15, 0.2) is 6.10 Å². The summed E-state index contributed by atoms with van der Waals surface area (Å²) < 4.78 is 10.3. The van der Waals surface area contributed by atoms with E-state index in [-0.39, 0.29) is 18.3 Å². The summed E-state index contributed by atoms with van der Waals surface area (Å²) in [5, 5.41) is 0. The minimum absolute atomic E-state index is 0.0893. The zero-order valence-electron chi connectivity index (χ0n) is 12.5. The second-order valence-electron chi connectivity index (χ2n) is 4.94. The standard InChI is InChI=1S/C16H21NO4/c1-3-17(10-8-14(18)20-2)16(19)15-13-7-5-4-6-12(13)9-11-21-15/h4-7,15H,3,8-11H2,1-2H3. The maximum absolute atomic E-state index is 12.6. The molecule has 1 atom stereocenters. The summed E-state index contributed by atoms with van der Waals surface area (Å²) in [6, 6.07) is 7.85. The Morgan fingerprint density at radius 2 is 2.14 bits per heavy atom. The summed E-state index contributed by atoms with van der Waals surface area (Å²) in [5.74, 6) is -0.403. The molecule has 1 aromatic rings. The molecule has 0 spiro atoms. The molecule has 0 saturated heterocycles. The molecule has 1 heterocycles. The maximum atomic E-state index is 12.6. The van der Waals surface area contributed by atoms with Crippen LogP contribution in [0.15, 0.2) is 24.3 Å². The van der Waals surface area contributed by atoms with Crippen LogP contribution in [0.4, 0.5) is 0 Å². The van der Waals surface area contributed by atoms with Gasteiger partial charge in [0.25, 0.3) is 5.91 Å². The van der Waals surface area contributed by atoms with E-state index in [1.54, 1.807) is 4.90 Å². The molecule has 5 heteroatoms. The van der Waals surface area contributed by atoms with Gasteiger partial charge in [-0.05, 0) is 24.5 Å². The normalized spacial score (nSPS) is 17.0. The molecule has 0 aliphatic carbocycles. The zero-order valence-corrected chi connectivity index (χ0v) is 12.5. The van der Waals surface area contributed by atoms with E-state index >= 15 is 0 Å². The third-order valence-electron chi connectivity index (χ3n) is 3.72. The number of fused-ring (bicyclic) bond motifs is 1. The number of ether oxygens (including phenoxy) is 2. The predicted molar refractivity (Wildman–Crippen MR) is 77.7 cm³/mol. The SMILES string of the molecule is CCN(CCC(=O)OC)C(=O)C1OCCc2ccccc21. The molecule has 2 rings (SSSR count). The number of hydrogen-bond acceptors (Lipinski definition) is 4. The van der Waals surface area contributed by atoms with E-state index in [0.717, 1.165) is 17.5 Å². The second kappa shape index (κ2) is 7.22. The topological polar surface area (TPSA) is 55.8 Å². The van der Waals surface area contributed by atoms with Crippen LogP contribution in [0.3, 0.4) is 0 Å². The predicted octanol–water partition coefficient (Wildman–Crippen LogP) is 1.71. The van der Waals surface area contributed by atoms with Gasteiger partial charge in [0.1, 0.15) is 0 Å². The van der Waals surface area contributed by atoms with Gasteiger partial charge in [-0.15, -0.1) is 0 Å². The van der Waals surface area contributed by atoms with Crippen LogP contribution in [0.25, 0.3) is 0 Å². The fourth-order valence-corrected chi connectivity index (χ4v) is 2.52. The third-order valence-corrected chi connectivity index (χ3v) is 3.72. The van der Waals surface area contributed by atoms with Gasteiger partial charge in [-0.3, -0.25) is 9.59 Å². The van der Waals surface area contributed by atoms with E-state index in [1.165, 1.54) is 7.11 Å². The van der Waals surface area contributed by atoms with Gasteiger partial charge < -0.3 is 14.4 Å². The van der Waals surface area contributed by atoms with Crippen molar-refractivity contribution in [3.63, 3.8) is 0 Å². The Kier molecular flexibility index (Phi) is 5.33. The van der Waals surface area contributed by atoms with Crippen LogP contribution in [0, 0.1) is 0 Å². The lowest BCUT2D eigenvalue weighted by molar-refractivity contribution is -0.147. The molecule has 1 aliphatic rings. The molecular weight excluding hydrogens is 270 g/mol. The van der Waals surface area contributed by atoms with Crippen LogP contribution in [0.1, 0.15) is 30.6 Å². The Labute approximate surface area is 124 Å². The van der Waals surface area contributed by atoms with Crippen molar-refractivity contribution in [2.24, 2.45) is 0 Å². The van der Waals surface area contributed by atoms with Crippen molar-refractivity contribution in [2.75, 3.05) is 26.8 Å². The molecule has 0 aromatic heterocycles. The minimum Gasteiger partial charge on any atom is -0.469 e. The lowest BCUT2D eigenvalue weighted by atomic mass is 9.97. The number of hydrogen-bond donors (Lipinski definition) is 0. The average molecular weight is 291 g/mol. The minimum atomic E-state index is -0.562. The average Bonchev–Trinajstić information content (AvgIpc) is 2.54. The van der Waals surface area contributed by atoms with Gasteiger partial charge in [-0.2, -0.15) is 0 Å². The number of amides is 1. The van der Waals surface area contributed by atoms with Crippen molar-refractivity contribution in [1.29, 1.82) is 0 Å². The van der Waals surface area contributed by atoms with E-state index in [0.29, 0.717) is 19.7 Å². The van der Waals surface area contributed by atoms with Gasteiger partial charge >= 0.3 is 5.97 Å². The van der Waals surface area contributed by atoms with Crippen LogP contribution in [0.2, 0.25) is 0 Å². The van der Waals surface area contributed by atoms with Crippen molar-refractivity contribution < 1.29 is 19.1 Å². The van der Waals surface area contributed by atoms with Crippen molar-refractivity contribution in [3.8, 4) is 0 Å². The molecule has 1 aliphatic heterocycles. The zero-order chi connectivity index (χ0) is 15.2. The first-order chi connectivity index (χ1) is 10.2. The van der Waals surface area contributed by atoms with Crippen LogP contribution in [-0.4, -0.2) is 43.6 Å². The van der Waals surface area contributed by atoms with Gasteiger partial charge in [0.2, 0.25) is 0 Å². The number of carbonyl (C=O) groups is 2. The highest BCUT2D eigenvalue weighted by atomic mass is 16.5. The number of esters is 1. The Hall–Kier alpha value is -1.88. The summed E-state index contributed by atoms with van der Waals surface area (Å²) in [6.45, 7) is 3.33. The number of likely N-dealkylation sites (N-methyl/N-ethyl adjacent to an activating group) is 1. The molecule has 114 valence electrons. The summed E-state index contributed by atoms with van der Waals surface area (Å²) in [5.41, 5.74) is 2.09. The first-order valence-electron chi connectivity index (χ1n) is 7.22. The number of nitrogens with zero attached hydrogens (tertiary/aromatic N) is 1. The van der Waals surface area contributed by atoms with Crippen LogP contribution in [-0.2, 0) is 25.5 Å². The van der Waals surface area contributed by atoms with Crippen molar-refractivity contribution in [1.82, 2.24) is 4.90 Å². The van der Waals surface area contributed by atoms with Crippen molar-refractivity contribution >= 4 is 11.9 Å². The fraction of sp³-hybridized carbons (Fsp3) is 0.500. The first kappa shape index (κ1) is 15.5. The number of benzene rings is 1. The molecule has 0 bridgehead atoms. The number of methoxy groups -OCH3 is 1. The molecule has 0 N–H and O–H groups in total. The Morgan fingerprint density at radius 3 is 2.86 bits per heavy atom. The Bertz CT molecular complexity index is 515. The maximum Gasteiger partial charge on any atom is 0.307 e. The molecule has 0 saturated carbocycles. The van der Waals surface area contributed by atoms with Crippen LogP contribution in [0.5, 0.6) is 0 Å². The smallest absolute Gasteiger partial charge is 0.307 e. The summed E-state index contributed by atoms with van der Waals surface area (Å²) in [6.07, 6.45) is 0.464. The quantitative estimate of drug-likeness (QED) is 0.775. The largest absolute Gasteiger partial charge is 0.469 e. The fourth-order valence-electron chi connectivity index (χ4n) is 2.52. The highest BCUT2D eigenvalue weighted by Crippen LogP contribution is 2.28. The summed E-state index contributed by atoms with van der Waals surface area (Å²) >= 11 is 0. The third kappa shape index (κ3) is 3.61. The molecular formula is C16H21NO4. The van der Waals surface area contributed by atoms with Crippen molar-refractivity contribution in [2.45, 2.75) is 25.9 Å². The molecule has 0 radical (unpaired) electrons. The highest BCUT2D eigenvalue weighted by molar-refractivity contribution is 5.83. The Morgan fingerprint density at radius 1 is 1.38 bits per heavy atom. The molecule has 1 unspecified atom stereocenters. The van der Waals surface area contributed by atoms with E-state index < -0.39 is 6.10 Å². The molecule has 0 fully saturated rings. The summed E-state index contributed by atoms with van der Waals surface area (Å²) in [7, 11) is 1.35. The molecule has 5 nitrogen and oxygen atoms in total. The van der Waals surface area contributed by atoms with Crippen LogP contribution < -0.4 is 0 Å². The van der Waals surface area contributed by atoms with Gasteiger partial charge in [0.05, 0.1) is 20.1 Å². The van der Waals surface area contributed by atoms with E-state index in [4.69, 9.17) is 4.74 Å². The molecule has 1 aromatic carbocycles. The van der Waals surface area contributed by atoms with E-state index in [2.05, 4.69) is 4.74 Å². The first-order valence-corrected chi connectivity index (χ1v) is 7.22. The van der Waals surface area contributed by atoms with E-state index in [9.17, 15) is 9.59 Å². The van der Waals surface area contributed by atoms with E-state index in [1.807, 2.05) is 31.2 Å². The summed E-state index contributed by atoms with van der Waals surface area (Å²) in [4.78, 5) is 25.5. The monoisotopic (exact) mass is 291 g/mol. The lowest BCUT2D eigenvalue weighted by Gasteiger charge is -2.30. The Balaban J connectivity index is 2.10. The molecule has 1 amide bonds. The lowest BCUT2D eigenvalue weighted by Crippen LogP contribution is -2.39. The van der Waals surface area contributed by atoms with Gasteiger partial charge in [-0.25, -0.2) is 0 Å². The highest BCUT2D eigenvalue weighted by Gasteiger charge is 2.30. The van der Waals surface area contributed by atoms with Crippen molar-refractivity contribution in [3.05, 3.63) is 35.4 Å².